The molecule has 1 saturated carbocycles. The average Bonchev–Trinajstić information content (AvgIpc) is 3.22. The molecule has 1 heterocycles. The summed E-state index contributed by atoms with van der Waals surface area (Å²) < 4.78 is 28.8. The summed E-state index contributed by atoms with van der Waals surface area (Å²) in [5, 5.41) is 10.0. The molecule has 0 aliphatic heterocycles. The Balaban J connectivity index is 2.03. The Morgan fingerprint density at radius 2 is 1.76 bits per heavy atom. The van der Waals surface area contributed by atoms with Crippen LogP contribution in [0.2, 0.25) is 0 Å². The molecule has 0 bridgehead atoms. The Bertz CT molecular complexity index is 853. The molecule has 0 radical (unpaired) electrons. The van der Waals surface area contributed by atoms with Gasteiger partial charge in [0.1, 0.15) is 23.2 Å². The molecule has 2 aromatic carbocycles. The number of rotatable bonds is 2. The van der Waals surface area contributed by atoms with Crippen LogP contribution >= 0.6 is 0 Å². The number of phenols is 1. The van der Waals surface area contributed by atoms with Gasteiger partial charge in [-0.25, -0.2) is 13.8 Å². The van der Waals surface area contributed by atoms with Gasteiger partial charge in [0.15, 0.2) is 0 Å². The predicted octanol–water partition coefficient (Wildman–Crippen LogP) is 4.02. The molecule has 3 nitrogen and oxygen atoms in total. The molecule has 0 atom stereocenters. The minimum Gasteiger partial charge on any atom is -0.507 e. The standard InChI is InChI=1S/C16H12F2N2O/c17-9-2-6-15(21)12(7-9)16-19-13-8-10(18)1-5-14(13)20(16)11-3-4-11/h1-2,5-8,11,21H,3-4H2. The van der Waals surface area contributed by atoms with Crippen molar-refractivity contribution in [2.24, 2.45) is 0 Å². The topological polar surface area (TPSA) is 38.1 Å². The molecule has 1 N–H and O–H groups in total. The van der Waals surface area contributed by atoms with Crippen molar-refractivity contribution in [1.82, 2.24) is 9.55 Å². The lowest BCUT2D eigenvalue weighted by atomic mass is 10.2. The second kappa shape index (κ2) is 4.28. The van der Waals surface area contributed by atoms with Crippen LogP contribution in [-0.4, -0.2) is 14.7 Å². The van der Waals surface area contributed by atoms with Crippen LogP contribution in [0.5, 0.6) is 5.75 Å². The van der Waals surface area contributed by atoms with Crippen molar-refractivity contribution in [3.05, 3.63) is 48.0 Å². The number of halogens is 2. The minimum atomic E-state index is -0.441. The van der Waals surface area contributed by atoms with Gasteiger partial charge in [0.25, 0.3) is 0 Å². The number of imidazole rings is 1. The van der Waals surface area contributed by atoms with E-state index in [-0.39, 0.29) is 17.6 Å². The largest absolute Gasteiger partial charge is 0.507 e. The van der Waals surface area contributed by atoms with Gasteiger partial charge in [-0.15, -0.1) is 0 Å². The van der Waals surface area contributed by atoms with Gasteiger partial charge in [0.2, 0.25) is 0 Å². The molecule has 0 unspecified atom stereocenters. The van der Waals surface area contributed by atoms with Crippen molar-refractivity contribution in [3.63, 3.8) is 0 Å². The van der Waals surface area contributed by atoms with Crippen molar-refractivity contribution >= 4 is 11.0 Å². The highest BCUT2D eigenvalue weighted by Crippen LogP contribution is 2.42. The fourth-order valence-corrected chi connectivity index (χ4v) is 2.65. The molecule has 21 heavy (non-hydrogen) atoms. The van der Waals surface area contributed by atoms with Crippen LogP contribution in [0.1, 0.15) is 18.9 Å². The summed E-state index contributed by atoms with van der Waals surface area (Å²) in [6.45, 7) is 0. The van der Waals surface area contributed by atoms with Gasteiger partial charge < -0.3 is 9.67 Å². The first-order chi connectivity index (χ1) is 10.1. The van der Waals surface area contributed by atoms with Gasteiger partial charge in [-0.2, -0.15) is 0 Å². The van der Waals surface area contributed by atoms with Gasteiger partial charge in [-0.05, 0) is 43.2 Å². The fraction of sp³-hybridized carbons (Fsp3) is 0.188. The van der Waals surface area contributed by atoms with E-state index in [4.69, 9.17) is 0 Å². The molecule has 1 aromatic heterocycles. The third-order valence-electron chi connectivity index (χ3n) is 3.76. The van der Waals surface area contributed by atoms with Gasteiger partial charge in [-0.1, -0.05) is 0 Å². The first-order valence-corrected chi connectivity index (χ1v) is 6.80. The van der Waals surface area contributed by atoms with E-state index in [2.05, 4.69) is 4.98 Å². The number of fused-ring (bicyclic) bond motifs is 1. The van der Waals surface area contributed by atoms with E-state index in [9.17, 15) is 13.9 Å². The van der Waals surface area contributed by atoms with Crippen LogP contribution < -0.4 is 0 Å². The fourth-order valence-electron chi connectivity index (χ4n) is 2.65. The zero-order chi connectivity index (χ0) is 14.6. The van der Waals surface area contributed by atoms with Gasteiger partial charge >= 0.3 is 0 Å². The van der Waals surface area contributed by atoms with Crippen LogP contribution in [-0.2, 0) is 0 Å². The van der Waals surface area contributed by atoms with Gasteiger partial charge in [0.05, 0.1) is 16.6 Å². The summed E-state index contributed by atoms with van der Waals surface area (Å²) in [5.74, 6) is -0.356. The molecule has 106 valence electrons. The molecule has 1 fully saturated rings. The summed E-state index contributed by atoms with van der Waals surface area (Å²) in [6, 6.07) is 8.45. The minimum absolute atomic E-state index is 0.0333. The van der Waals surface area contributed by atoms with E-state index < -0.39 is 5.82 Å². The Labute approximate surface area is 119 Å². The highest BCUT2D eigenvalue weighted by atomic mass is 19.1. The van der Waals surface area contributed by atoms with Crippen molar-refractivity contribution in [2.45, 2.75) is 18.9 Å². The van der Waals surface area contributed by atoms with E-state index in [1.54, 1.807) is 6.07 Å². The molecule has 0 spiro atoms. The Morgan fingerprint density at radius 1 is 1.05 bits per heavy atom. The Kier molecular flexibility index (Phi) is 2.51. The van der Waals surface area contributed by atoms with E-state index in [1.807, 2.05) is 4.57 Å². The number of aromatic nitrogens is 2. The second-order valence-electron chi connectivity index (χ2n) is 5.33. The monoisotopic (exact) mass is 286 g/mol. The summed E-state index contributed by atoms with van der Waals surface area (Å²) in [7, 11) is 0. The number of nitrogens with zero attached hydrogens (tertiary/aromatic N) is 2. The molecule has 5 heteroatoms. The van der Waals surface area contributed by atoms with Crippen LogP contribution in [0.15, 0.2) is 36.4 Å². The van der Waals surface area contributed by atoms with Crippen LogP contribution in [0.25, 0.3) is 22.4 Å². The lowest BCUT2D eigenvalue weighted by molar-refractivity contribution is 0.474. The molecule has 3 aromatic rings. The maximum absolute atomic E-state index is 13.5. The second-order valence-corrected chi connectivity index (χ2v) is 5.33. The number of hydrogen-bond acceptors (Lipinski definition) is 2. The third kappa shape index (κ3) is 1.96. The maximum Gasteiger partial charge on any atom is 0.145 e. The molecule has 1 aliphatic carbocycles. The van der Waals surface area contributed by atoms with Crippen molar-refractivity contribution < 1.29 is 13.9 Å². The summed E-state index contributed by atoms with van der Waals surface area (Å²) in [5.41, 5.74) is 1.65. The van der Waals surface area contributed by atoms with Crippen molar-refractivity contribution in [2.75, 3.05) is 0 Å². The van der Waals surface area contributed by atoms with E-state index >= 15 is 0 Å². The zero-order valence-corrected chi connectivity index (χ0v) is 11.1. The quantitative estimate of drug-likeness (QED) is 0.772. The summed E-state index contributed by atoms with van der Waals surface area (Å²) >= 11 is 0. The van der Waals surface area contributed by atoms with Crippen molar-refractivity contribution in [3.8, 4) is 17.1 Å². The Morgan fingerprint density at radius 3 is 2.52 bits per heavy atom. The third-order valence-corrected chi connectivity index (χ3v) is 3.76. The average molecular weight is 286 g/mol. The lowest BCUT2D eigenvalue weighted by Gasteiger charge is -2.09. The predicted molar refractivity (Wildman–Crippen MR) is 75.0 cm³/mol. The maximum atomic E-state index is 13.5. The van der Waals surface area contributed by atoms with Crippen molar-refractivity contribution in [1.29, 1.82) is 0 Å². The summed E-state index contributed by atoms with van der Waals surface area (Å²) in [4.78, 5) is 4.40. The first-order valence-electron chi connectivity index (χ1n) is 6.80. The molecule has 4 rings (SSSR count). The molecular weight excluding hydrogens is 274 g/mol. The number of phenolic OH excluding ortho intramolecular Hbond substituents is 1. The van der Waals surface area contributed by atoms with Gasteiger partial charge in [-0.3, -0.25) is 0 Å². The highest BCUT2D eigenvalue weighted by molar-refractivity contribution is 5.82. The van der Waals surface area contributed by atoms with Crippen LogP contribution in [0, 0.1) is 11.6 Å². The van der Waals surface area contributed by atoms with Crippen LogP contribution in [0.3, 0.4) is 0 Å². The molecular formula is C16H12F2N2O. The van der Waals surface area contributed by atoms with E-state index in [0.717, 1.165) is 18.4 Å². The highest BCUT2D eigenvalue weighted by Gasteiger charge is 2.29. The smallest absolute Gasteiger partial charge is 0.145 e. The SMILES string of the molecule is Oc1ccc(F)cc1-c1nc2cc(F)ccc2n1C1CC1. The normalized spacial score (nSPS) is 14.8. The first kappa shape index (κ1) is 12.3. The Hall–Kier alpha value is -2.43. The molecule has 0 saturated heterocycles. The summed E-state index contributed by atoms with van der Waals surface area (Å²) in [6.07, 6.45) is 2.01. The number of hydrogen-bond donors (Lipinski definition) is 1. The number of aromatic hydroxyl groups is 1. The van der Waals surface area contributed by atoms with E-state index in [0.29, 0.717) is 16.9 Å². The zero-order valence-electron chi connectivity index (χ0n) is 11.1. The molecule has 1 aliphatic rings. The molecule has 0 amide bonds. The van der Waals surface area contributed by atoms with Gasteiger partial charge in [0, 0.05) is 12.1 Å². The van der Waals surface area contributed by atoms with Crippen LogP contribution in [0.4, 0.5) is 8.78 Å². The lowest BCUT2D eigenvalue weighted by Crippen LogP contribution is -1.98. The van der Waals surface area contributed by atoms with E-state index in [1.165, 1.54) is 30.3 Å². The number of benzene rings is 2.